The molecule has 3 aliphatic carbocycles. The third kappa shape index (κ3) is 5.34. The molecule has 3 aliphatic rings. The predicted octanol–water partition coefficient (Wildman–Crippen LogP) is 2.00. The fourth-order valence-electron chi connectivity index (χ4n) is 7.72. The Morgan fingerprint density at radius 2 is 2.00 bits per heavy atom. The topological polar surface area (TPSA) is 67.5 Å². The molecule has 0 radical (unpaired) electrons. The van der Waals surface area contributed by atoms with Gasteiger partial charge < -0.3 is 33.8 Å². The maximum absolute atomic E-state index is 13.5. The Morgan fingerprint density at radius 3 is 2.63 bits per heavy atom. The van der Waals surface area contributed by atoms with Crippen LogP contribution in [0.5, 0.6) is 0 Å². The number of carbonyl (C=O) groups is 2. The lowest BCUT2D eigenvalue weighted by Gasteiger charge is -2.61. The molecule has 5 nitrogen and oxygen atoms in total. The zero-order valence-corrected chi connectivity index (χ0v) is 26.1. The first-order valence-corrected chi connectivity index (χ1v) is 14.6. The Morgan fingerprint density at radius 1 is 1.32 bits per heavy atom. The fourth-order valence-corrected chi connectivity index (χ4v) is 8.39. The number of rotatable bonds is 7. The van der Waals surface area contributed by atoms with Gasteiger partial charge in [0.25, 0.3) is 0 Å². The average molecular weight is 652 g/mol. The van der Waals surface area contributed by atoms with Crippen molar-refractivity contribution in [3.63, 3.8) is 0 Å². The number of Topliss-reactive ketones (excluding diaryl/α,β-unsaturated/α-hetero) is 1. The SMILES string of the molecule is C#CCC[n+]1ccc(SCC(=O)O[C@@H]2C[C@@](C)(C=C)[C@@H](O)[C@H](C)[C@]34CCC(=O)[C@H]3[C@@]2(C)[C@H](C)CC4)cc1.[I-]. The molecule has 2 bridgehead atoms. The first-order chi connectivity index (χ1) is 17.5. The molecule has 7 heteroatoms. The van der Waals surface area contributed by atoms with E-state index in [1.165, 1.54) is 11.8 Å². The van der Waals surface area contributed by atoms with Crippen molar-refractivity contribution in [2.75, 3.05) is 5.75 Å². The summed E-state index contributed by atoms with van der Waals surface area (Å²) in [5.74, 6) is 2.79. The van der Waals surface area contributed by atoms with E-state index in [4.69, 9.17) is 11.2 Å². The largest absolute Gasteiger partial charge is 1.00 e. The predicted molar refractivity (Wildman–Crippen MR) is 145 cm³/mol. The molecule has 1 N–H and O–H groups in total. The van der Waals surface area contributed by atoms with Gasteiger partial charge in [0, 0.05) is 40.2 Å². The van der Waals surface area contributed by atoms with Gasteiger partial charge in [-0.05, 0) is 42.9 Å². The Bertz CT molecular complexity index is 1090. The quantitative estimate of drug-likeness (QED) is 0.122. The highest BCUT2D eigenvalue weighted by molar-refractivity contribution is 8.00. The summed E-state index contributed by atoms with van der Waals surface area (Å²) in [6, 6.07) is 3.96. The van der Waals surface area contributed by atoms with E-state index in [-0.39, 0.29) is 64.7 Å². The van der Waals surface area contributed by atoms with Crippen LogP contribution < -0.4 is 28.5 Å². The van der Waals surface area contributed by atoms with Gasteiger partial charge in [0.2, 0.25) is 0 Å². The van der Waals surface area contributed by atoms with Crippen molar-refractivity contribution in [3.05, 3.63) is 37.2 Å². The van der Waals surface area contributed by atoms with Gasteiger partial charge in [-0.1, -0.05) is 33.8 Å². The smallest absolute Gasteiger partial charge is 0.316 e. The van der Waals surface area contributed by atoms with E-state index in [1.807, 2.05) is 42.1 Å². The normalized spacial score (nSPS) is 38.1. The molecule has 38 heavy (non-hydrogen) atoms. The number of thioether (sulfide) groups is 1. The zero-order chi connectivity index (χ0) is 27.0. The number of ether oxygens (including phenoxy) is 1. The first kappa shape index (κ1) is 31.2. The highest BCUT2D eigenvalue weighted by atomic mass is 127. The molecule has 0 amide bonds. The van der Waals surface area contributed by atoms with E-state index in [0.29, 0.717) is 19.3 Å². The van der Waals surface area contributed by atoms with Crippen LogP contribution in [0.15, 0.2) is 42.1 Å². The Balaban J connectivity index is 0.00000400. The molecule has 1 aromatic rings. The minimum Gasteiger partial charge on any atom is -1.00 e. The summed E-state index contributed by atoms with van der Waals surface area (Å²) in [5, 5.41) is 11.6. The highest BCUT2D eigenvalue weighted by Crippen LogP contribution is 2.68. The number of esters is 1. The van der Waals surface area contributed by atoms with E-state index in [2.05, 4.69) is 33.3 Å². The van der Waals surface area contributed by atoms with Crippen LogP contribution in [-0.2, 0) is 20.9 Å². The Kier molecular flexibility index (Phi) is 9.85. The first-order valence-electron chi connectivity index (χ1n) is 13.6. The third-order valence-corrected chi connectivity index (χ3v) is 11.3. The van der Waals surface area contributed by atoms with Crippen molar-refractivity contribution in [1.29, 1.82) is 0 Å². The number of carbonyl (C=O) groups excluding carboxylic acids is 2. The number of ketones is 1. The van der Waals surface area contributed by atoms with E-state index in [9.17, 15) is 14.7 Å². The standard InChI is InChI=1S/C31H42NO4S.HI/c1-7-9-16-32-17-12-23(13-18-32)37-20-26(34)36-25-19-29(5,8-2)28(35)22(4)31-14-10-21(3)30(25,6)27(31)24(33)11-15-31;/h1,8,12-13,17-18,21-22,25,27-28,35H,2,9-11,14-16,19-20H2,3-6H3;1H/q+1;/p-1/t21-,22+,25-,27+,28+,29-,30+,31+;/m1./s1. The number of nitrogens with zero attached hydrogens (tertiary/aromatic N) is 1. The maximum Gasteiger partial charge on any atom is 0.316 e. The molecular formula is C31H42INO4S. The highest BCUT2D eigenvalue weighted by Gasteiger charge is 2.68. The molecule has 0 aromatic carbocycles. The lowest BCUT2D eigenvalue weighted by atomic mass is 9.44. The number of terminal acetylenes is 1. The van der Waals surface area contributed by atoms with Crippen molar-refractivity contribution < 1.29 is 48.0 Å². The van der Waals surface area contributed by atoms with Gasteiger partial charge in [0.1, 0.15) is 11.9 Å². The minimum absolute atomic E-state index is 0. The third-order valence-electron chi connectivity index (χ3n) is 10.3. The van der Waals surface area contributed by atoms with Crippen molar-refractivity contribution >= 4 is 23.5 Å². The molecule has 0 unspecified atom stereocenters. The molecule has 208 valence electrons. The molecular weight excluding hydrogens is 609 g/mol. The Hall–Kier alpha value is -1.37. The average Bonchev–Trinajstić information content (AvgIpc) is 3.25. The van der Waals surface area contributed by atoms with Gasteiger partial charge >= 0.3 is 5.97 Å². The van der Waals surface area contributed by atoms with Gasteiger partial charge in [-0.15, -0.1) is 30.7 Å². The van der Waals surface area contributed by atoms with Gasteiger partial charge in [0.05, 0.1) is 18.3 Å². The van der Waals surface area contributed by atoms with E-state index in [0.717, 1.165) is 30.7 Å². The van der Waals surface area contributed by atoms with E-state index in [1.54, 1.807) is 0 Å². The molecule has 1 heterocycles. The molecule has 3 saturated carbocycles. The summed E-state index contributed by atoms with van der Waals surface area (Å²) in [5.41, 5.74) is -1.37. The second-order valence-corrected chi connectivity index (χ2v) is 13.1. The van der Waals surface area contributed by atoms with Crippen molar-refractivity contribution in [1.82, 2.24) is 0 Å². The second-order valence-electron chi connectivity index (χ2n) is 12.1. The molecule has 0 aliphatic heterocycles. The van der Waals surface area contributed by atoms with Crippen LogP contribution in [0, 0.1) is 46.3 Å². The molecule has 0 spiro atoms. The number of aromatic nitrogens is 1. The summed E-state index contributed by atoms with van der Waals surface area (Å²) < 4.78 is 8.34. The fraction of sp³-hybridized carbons (Fsp3) is 0.645. The van der Waals surface area contributed by atoms with Crippen molar-refractivity contribution in [2.24, 2.45) is 34.0 Å². The van der Waals surface area contributed by atoms with Crippen LogP contribution >= 0.6 is 11.8 Å². The summed E-state index contributed by atoms with van der Waals surface area (Å²) in [7, 11) is 0. The molecule has 0 saturated heterocycles. The number of aryl methyl sites for hydroxylation is 1. The van der Waals surface area contributed by atoms with Crippen LogP contribution in [0.25, 0.3) is 0 Å². The summed E-state index contributed by atoms with van der Waals surface area (Å²) in [4.78, 5) is 27.7. The summed E-state index contributed by atoms with van der Waals surface area (Å²) in [6.45, 7) is 13.4. The van der Waals surface area contributed by atoms with Crippen LogP contribution in [0.3, 0.4) is 0 Å². The molecule has 3 fully saturated rings. The number of aliphatic hydroxyl groups excluding tert-OH is 1. The Labute approximate surface area is 249 Å². The summed E-state index contributed by atoms with van der Waals surface area (Å²) in [6.07, 6.45) is 14.4. The van der Waals surface area contributed by atoms with Crippen LogP contribution in [-0.4, -0.2) is 34.8 Å². The minimum atomic E-state index is -0.655. The van der Waals surface area contributed by atoms with Gasteiger partial charge in [-0.25, -0.2) is 4.57 Å². The van der Waals surface area contributed by atoms with E-state index < -0.39 is 23.0 Å². The maximum atomic E-state index is 13.5. The van der Waals surface area contributed by atoms with Crippen LogP contribution in [0.2, 0.25) is 0 Å². The molecule has 8 atom stereocenters. The van der Waals surface area contributed by atoms with Crippen LogP contribution in [0.4, 0.5) is 0 Å². The lowest BCUT2D eigenvalue weighted by Crippen LogP contribution is -3.00. The number of halogens is 1. The monoisotopic (exact) mass is 651 g/mol. The lowest BCUT2D eigenvalue weighted by molar-refractivity contribution is -0.696. The number of hydrogen-bond donors (Lipinski definition) is 1. The van der Waals surface area contributed by atoms with Crippen molar-refractivity contribution in [2.45, 2.75) is 89.9 Å². The zero-order valence-electron chi connectivity index (χ0n) is 23.1. The number of aliphatic hydroxyl groups is 1. The number of pyridine rings is 1. The molecule has 4 rings (SSSR count). The van der Waals surface area contributed by atoms with Gasteiger partial charge in [-0.2, -0.15) is 0 Å². The summed E-state index contributed by atoms with van der Waals surface area (Å²) >= 11 is 1.44. The van der Waals surface area contributed by atoms with Gasteiger partial charge in [0.15, 0.2) is 18.9 Å². The van der Waals surface area contributed by atoms with Gasteiger partial charge in [-0.3, -0.25) is 9.59 Å². The van der Waals surface area contributed by atoms with Crippen molar-refractivity contribution in [3.8, 4) is 12.3 Å². The van der Waals surface area contributed by atoms with Crippen LogP contribution in [0.1, 0.15) is 66.2 Å². The van der Waals surface area contributed by atoms with E-state index >= 15 is 0 Å². The second kappa shape index (κ2) is 12.0. The number of hydrogen-bond acceptors (Lipinski definition) is 5. The molecule has 1 aromatic heterocycles.